The molecule has 0 saturated heterocycles. The van der Waals surface area contributed by atoms with Crippen molar-refractivity contribution in [2.45, 2.75) is 13.8 Å². The standard InChI is InChI=1S/C29H28N4O4/c1-21(34)36-17-15-33(16-18-37-22(2)35)25-11-9-23(10-12-25)24-19-28(26-7-3-5-13-30-26)32-29(20-24)27-8-4-6-14-31-27/h3-14,19-20H,15-18H2,1-2H3. The molecule has 0 saturated carbocycles. The minimum absolute atomic E-state index is 0.238. The van der Waals surface area contributed by atoms with Gasteiger partial charge in [0, 0.05) is 31.9 Å². The van der Waals surface area contributed by atoms with Crippen LogP contribution in [0.15, 0.2) is 85.2 Å². The third-order valence-corrected chi connectivity index (χ3v) is 5.58. The summed E-state index contributed by atoms with van der Waals surface area (Å²) in [5.41, 5.74) is 5.97. The molecule has 3 heterocycles. The van der Waals surface area contributed by atoms with E-state index in [0.717, 1.165) is 39.6 Å². The van der Waals surface area contributed by atoms with Crippen molar-refractivity contribution in [1.29, 1.82) is 0 Å². The molecule has 0 unspecified atom stereocenters. The number of carbonyl (C=O) groups is 2. The molecule has 188 valence electrons. The second-order valence-corrected chi connectivity index (χ2v) is 8.27. The van der Waals surface area contributed by atoms with Crippen LogP contribution in [0.2, 0.25) is 0 Å². The van der Waals surface area contributed by atoms with Gasteiger partial charge in [0.2, 0.25) is 0 Å². The van der Waals surface area contributed by atoms with E-state index in [1.165, 1.54) is 13.8 Å². The van der Waals surface area contributed by atoms with Gasteiger partial charge in [0.25, 0.3) is 0 Å². The van der Waals surface area contributed by atoms with Crippen molar-refractivity contribution in [2.75, 3.05) is 31.2 Å². The van der Waals surface area contributed by atoms with Gasteiger partial charge < -0.3 is 14.4 Å². The van der Waals surface area contributed by atoms with Crippen LogP contribution in [-0.2, 0) is 19.1 Å². The summed E-state index contributed by atoms with van der Waals surface area (Å²) >= 11 is 0. The molecule has 8 heteroatoms. The third-order valence-electron chi connectivity index (χ3n) is 5.58. The van der Waals surface area contributed by atoms with E-state index in [-0.39, 0.29) is 25.2 Å². The molecule has 4 rings (SSSR count). The summed E-state index contributed by atoms with van der Waals surface area (Å²) in [5, 5.41) is 0. The van der Waals surface area contributed by atoms with E-state index >= 15 is 0 Å². The van der Waals surface area contributed by atoms with Gasteiger partial charge in [0.1, 0.15) is 13.2 Å². The number of aromatic nitrogens is 3. The van der Waals surface area contributed by atoms with Gasteiger partial charge in [-0.05, 0) is 59.7 Å². The number of nitrogens with zero attached hydrogens (tertiary/aromatic N) is 4. The molecule has 0 amide bonds. The van der Waals surface area contributed by atoms with Crippen molar-refractivity contribution in [3.05, 3.63) is 85.2 Å². The van der Waals surface area contributed by atoms with Crippen molar-refractivity contribution >= 4 is 17.6 Å². The molecule has 0 aliphatic carbocycles. The smallest absolute Gasteiger partial charge is 0.302 e. The van der Waals surface area contributed by atoms with Crippen LogP contribution in [0.3, 0.4) is 0 Å². The van der Waals surface area contributed by atoms with E-state index in [9.17, 15) is 9.59 Å². The van der Waals surface area contributed by atoms with Gasteiger partial charge in [-0.3, -0.25) is 19.6 Å². The lowest BCUT2D eigenvalue weighted by Crippen LogP contribution is -2.31. The van der Waals surface area contributed by atoms with Gasteiger partial charge in [-0.2, -0.15) is 0 Å². The first-order valence-electron chi connectivity index (χ1n) is 12.0. The Balaban J connectivity index is 1.64. The van der Waals surface area contributed by atoms with Gasteiger partial charge >= 0.3 is 11.9 Å². The maximum Gasteiger partial charge on any atom is 0.302 e. The highest BCUT2D eigenvalue weighted by molar-refractivity contribution is 5.75. The first-order valence-corrected chi connectivity index (χ1v) is 12.0. The molecule has 0 N–H and O–H groups in total. The van der Waals surface area contributed by atoms with E-state index in [4.69, 9.17) is 14.5 Å². The molecule has 3 aromatic heterocycles. The van der Waals surface area contributed by atoms with Crippen LogP contribution < -0.4 is 4.90 Å². The Labute approximate surface area is 215 Å². The summed E-state index contributed by atoms with van der Waals surface area (Å²) in [4.78, 5) is 38.2. The number of anilines is 1. The zero-order valence-corrected chi connectivity index (χ0v) is 20.8. The topological polar surface area (TPSA) is 94.5 Å². The Morgan fingerprint density at radius 3 is 1.62 bits per heavy atom. The Hall–Kier alpha value is -4.59. The molecule has 1 aromatic carbocycles. The first-order chi connectivity index (χ1) is 18.0. The van der Waals surface area contributed by atoms with E-state index in [1.54, 1.807) is 12.4 Å². The Morgan fingerprint density at radius 2 is 1.19 bits per heavy atom. The Kier molecular flexibility index (Phi) is 8.54. The number of benzene rings is 1. The lowest BCUT2D eigenvalue weighted by Gasteiger charge is -2.24. The van der Waals surface area contributed by atoms with Crippen LogP contribution in [-0.4, -0.2) is 53.2 Å². The minimum Gasteiger partial charge on any atom is -0.464 e. The molecular formula is C29H28N4O4. The maximum absolute atomic E-state index is 11.2. The fourth-order valence-corrected chi connectivity index (χ4v) is 3.82. The molecule has 0 aliphatic heterocycles. The molecule has 0 atom stereocenters. The van der Waals surface area contributed by atoms with Crippen LogP contribution >= 0.6 is 0 Å². The maximum atomic E-state index is 11.2. The molecule has 0 aliphatic rings. The summed E-state index contributed by atoms with van der Waals surface area (Å²) < 4.78 is 10.2. The molecule has 4 aromatic rings. The fraction of sp³-hybridized carbons (Fsp3) is 0.207. The Morgan fingerprint density at radius 1 is 0.676 bits per heavy atom. The fourth-order valence-electron chi connectivity index (χ4n) is 3.82. The number of hydrogen-bond donors (Lipinski definition) is 0. The molecule has 0 radical (unpaired) electrons. The second kappa shape index (κ2) is 12.4. The van der Waals surface area contributed by atoms with Crippen molar-refractivity contribution in [3.63, 3.8) is 0 Å². The number of hydrogen-bond acceptors (Lipinski definition) is 8. The summed E-state index contributed by atoms with van der Waals surface area (Å²) in [6.07, 6.45) is 3.50. The summed E-state index contributed by atoms with van der Waals surface area (Å²) in [5.74, 6) is -0.666. The molecule has 37 heavy (non-hydrogen) atoms. The normalized spacial score (nSPS) is 10.5. The molecule has 0 fully saturated rings. The summed E-state index contributed by atoms with van der Waals surface area (Å²) in [7, 11) is 0. The first kappa shape index (κ1) is 25.5. The zero-order valence-electron chi connectivity index (χ0n) is 20.8. The number of ether oxygens (including phenoxy) is 2. The molecule has 8 nitrogen and oxygen atoms in total. The number of esters is 2. The highest BCUT2D eigenvalue weighted by Gasteiger charge is 2.12. The predicted molar refractivity (Wildman–Crippen MR) is 142 cm³/mol. The number of carbonyl (C=O) groups excluding carboxylic acids is 2. The number of pyridine rings is 3. The predicted octanol–water partition coefficient (Wildman–Crippen LogP) is 4.81. The lowest BCUT2D eigenvalue weighted by atomic mass is 10.0. The Bertz CT molecular complexity index is 1250. The quantitative estimate of drug-likeness (QED) is 0.289. The van der Waals surface area contributed by atoms with Crippen molar-refractivity contribution in [3.8, 4) is 33.9 Å². The summed E-state index contributed by atoms with van der Waals surface area (Å²) in [6, 6.07) is 23.6. The second-order valence-electron chi connectivity index (χ2n) is 8.27. The average molecular weight is 497 g/mol. The van der Waals surface area contributed by atoms with Crippen LogP contribution in [0.5, 0.6) is 0 Å². The van der Waals surface area contributed by atoms with Gasteiger partial charge in [0.15, 0.2) is 0 Å². The van der Waals surface area contributed by atoms with E-state index in [2.05, 4.69) is 9.97 Å². The van der Waals surface area contributed by atoms with Crippen LogP contribution in [0.1, 0.15) is 13.8 Å². The SMILES string of the molecule is CC(=O)OCCN(CCOC(C)=O)c1ccc(-c2cc(-c3ccccn3)nc(-c3ccccn3)c2)cc1. The number of rotatable bonds is 10. The molecule has 0 bridgehead atoms. The van der Waals surface area contributed by atoms with Gasteiger partial charge in [-0.1, -0.05) is 24.3 Å². The van der Waals surface area contributed by atoms with Crippen molar-refractivity contribution < 1.29 is 19.1 Å². The van der Waals surface area contributed by atoms with Gasteiger partial charge in [-0.15, -0.1) is 0 Å². The highest BCUT2D eigenvalue weighted by Crippen LogP contribution is 2.30. The van der Waals surface area contributed by atoms with E-state index in [1.807, 2.05) is 77.7 Å². The van der Waals surface area contributed by atoms with E-state index < -0.39 is 0 Å². The largest absolute Gasteiger partial charge is 0.464 e. The summed E-state index contributed by atoms with van der Waals surface area (Å²) in [6.45, 7) is 4.19. The monoisotopic (exact) mass is 496 g/mol. The molecular weight excluding hydrogens is 468 g/mol. The molecule has 0 spiro atoms. The van der Waals surface area contributed by atoms with Crippen LogP contribution in [0.4, 0.5) is 5.69 Å². The third kappa shape index (κ3) is 7.20. The average Bonchev–Trinajstić information content (AvgIpc) is 2.93. The van der Waals surface area contributed by atoms with Gasteiger partial charge in [-0.25, -0.2) is 4.98 Å². The highest BCUT2D eigenvalue weighted by atomic mass is 16.5. The van der Waals surface area contributed by atoms with Gasteiger partial charge in [0.05, 0.1) is 35.9 Å². The minimum atomic E-state index is -0.333. The van der Waals surface area contributed by atoms with Crippen LogP contribution in [0.25, 0.3) is 33.9 Å². The van der Waals surface area contributed by atoms with Crippen molar-refractivity contribution in [2.24, 2.45) is 0 Å². The van der Waals surface area contributed by atoms with Crippen LogP contribution in [0, 0.1) is 0 Å². The lowest BCUT2D eigenvalue weighted by molar-refractivity contribution is -0.141. The van der Waals surface area contributed by atoms with Crippen molar-refractivity contribution in [1.82, 2.24) is 15.0 Å². The van der Waals surface area contributed by atoms with E-state index in [0.29, 0.717) is 13.1 Å². The zero-order chi connectivity index (χ0) is 26.0.